The lowest BCUT2D eigenvalue weighted by atomic mass is 9.72. The van der Waals surface area contributed by atoms with Crippen LogP contribution >= 0.6 is 27.5 Å². The molecule has 2 aliphatic heterocycles. The SMILES string of the molecule is CNc1ncnc(N2CCN(C(=O)C3(c4ccc(Cl)cc4)CCNCC3)CC2)c1Br. The van der Waals surface area contributed by atoms with Crippen LogP contribution in [-0.4, -0.2) is 67.1 Å². The zero-order valence-corrected chi connectivity index (χ0v) is 19.3. The van der Waals surface area contributed by atoms with Crippen LogP contribution in [0.25, 0.3) is 0 Å². The second-order valence-corrected chi connectivity index (χ2v) is 8.96. The Kier molecular flexibility index (Phi) is 6.46. The summed E-state index contributed by atoms with van der Waals surface area (Å²) in [5.41, 5.74) is 0.588. The highest BCUT2D eigenvalue weighted by Crippen LogP contribution is 2.37. The molecule has 1 amide bonds. The Hall–Kier alpha value is -1.90. The van der Waals surface area contributed by atoms with Crippen LogP contribution < -0.4 is 15.5 Å². The van der Waals surface area contributed by atoms with Crippen LogP contribution in [-0.2, 0) is 10.2 Å². The second kappa shape index (κ2) is 9.08. The maximum Gasteiger partial charge on any atom is 0.233 e. The molecule has 1 aromatic carbocycles. The molecule has 0 atom stereocenters. The van der Waals surface area contributed by atoms with Crippen molar-refractivity contribution >= 4 is 45.1 Å². The van der Waals surface area contributed by atoms with E-state index in [4.69, 9.17) is 11.6 Å². The van der Waals surface area contributed by atoms with E-state index in [1.165, 1.54) is 0 Å². The first-order valence-corrected chi connectivity index (χ1v) is 11.4. The van der Waals surface area contributed by atoms with Gasteiger partial charge in [0.2, 0.25) is 5.91 Å². The summed E-state index contributed by atoms with van der Waals surface area (Å²) in [6, 6.07) is 7.80. The van der Waals surface area contributed by atoms with Gasteiger partial charge in [0.15, 0.2) is 0 Å². The molecular weight excluding hydrogens is 468 g/mol. The van der Waals surface area contributed by atoms with Gasteiger partial charge in [0.25, 0.3) is 0 Å². The fourth-order valence-corrected chi connectivity index (χ4v) is 5.21. The molecule has 3 heterocycles. The van der Waals surface area contributed by atoms with Gasteiger partial charge in [0.1, 0.15) is 22.4 Å². The summed E-state index contributed by atoms with van der Waals surface area (Å²) in [6.45, 7) is 4.50. The van der Waals surface area contributed by atoms with E-state index in [-0.39, 0.29) is 5.91 Å². The molecule has 2 fully saturated rings. The maximum atomic E-state index is 13.8. The lowest BCUT2D eigenvalue weighted by molar-refractivity contribution is -0.139. The molecule has 2 aliphatic rings. The molecule has 2 N–H and O–H groups in total. The molecule has 0 radical (unpaired) electrons. The molecule has 2 aromatic rings. The van der Waals surface area contributed by atoms with Crippen LogP contribution in [0.15, 0.2) is 35.1 Å². The van der Waals surface area contributed by atoms with E-state index in [1.807, 2.05) is 36.2 Å². The largest absolute Gasteiger partial charge is 0.372 e. The van der Waals surface area contributed by atoms with Gasteiger partial charge in [-0.1, -0.05) is 23.7 Å². The highest BCUT2D eigenvalue weighted by atomic mass is 79.9. The first-order valence-electron chi connectivity index (χ1n) is 10.2. The lowest BCUT2D eigenvalue weighted by Gasteiger charge is -2.43. The number of hydrogen-bond acceptors (Lipinski definition) is 6. The zero-order chi connectivity index (χ0) is 21.1. The Morgan fingerprint density at radius 2 is 1.80 bits per heavy atom. The maximum absolute atomic E-state index is 13.8. The third-order valence-electron chi connectivity index (χ3n) is 6.14. The third kappa shape index (κ3) is 4.00. The van der Waals surface area contributed by atoms with Crippen LogP contribution in [0.3, 0.4) is 0 Å². The number of nitrogens with zero attached hydrogens (tertiary/aromatic N) is 4. The van der Waals surface area contributed by atoms with E-state index in [0.717, 1.165) is 60.7 Å². The second-order valence-electron chi connectivity index (χ2n) is 7.73. The summed E-state index contributed by atoms with van der Waals surface area (Å²) >= 11 is 9.70. The minimum absolute atomic E-state index is 0.226. The smallest absolute Gasteiger partial charge is 0.233 e. The van der Waals surface area contributed by atoms with Gasteiger partial charge in [-0.2, -0.15) is 0 Å². The lowest BCUT2D eigenvalue weighted by Crippen LogP contribution is -2.57. The molecule has 160 valence electrons. The van der Waals surface area contributed by atoms with E-state index in [9.17, 15) is 4.79 Å². The van der Waals surface area contributed by atoms with Gasteiger partial charge in [-0.15, -0.1) is 0 Å². The van der Waals surface area contributed by atoms with Crippen LogP contribution in [0, 0.1) is 0 Å². The summed E-state index contributed by atoms with van der Waals surface area (Å²) in [5, 5.41) is 7.16. The fraction of sp³-hybridized carbons (Fsp3) is 0.476. The van der Waals surface area contributed by atoms with Crippen LogP contribution in [0.2, 0.25) is 5.02 Å². The molecule has 2 saturated heterocycles. The number of carbonyl (C=O) groups excluding carboxylic acids is 1. The highest BCUT2D eigenvalue weighted by Gasteiger charge is 2.44. The van der Waals surface area contributed by atoms with Gasteiger partial charge in [-0.05, 0) is 59.6 Å². The molecule has 0 bridgehead atoms. The van der Waals surface area contributed by atoms with E-state index < -0.39 is 5.41 Å². The first kappa shape index (κ1) is 21.3. The number of halogens is 2. The highest BCUT2D eigenvalue weighted by molar-refractivity contribution is 9.10. The normalized spacial score (nSPS) is 18.9. The third-order valence-corrected chi connectivity index (χ3v) is 7.12. The molecule has 1 aromatic heterocycles. The van der Waals surface area contributed by atoms with Crippen LogP contribution in [0.4, 0.5) is 11.6 Å². The minimum Gasteiger partial charge on any atom is -0.372 e. The Morgan fingerprint density at radius 1 is 1.13 bits per heavy atom. The molecule has 7 nitrogen and oxygen atoms in total. The first-order chi connectivity index (χ1) is 14.5. The number of piperidine rings is 1. The molecule has 0 aliphatic carbocycles. The van der Waals surface area contributed by atoms with E-state index in [2.05, 4.69) is 41.4 Å². The summed E-state index contributed by atoms with van der Waals surface area (Å²) in [5.74, 6) is 1.84. The van der Waals surface area contributed by atoms with Crippen molar-refractivity contribution in [2.24, 2.45) is 0 Å². The number of anilines is 2. The fourth-order valence-electron chi connectivity index (χ4n) is 4.43. The summed E-state index contributed by atoms with van der Waals surface area (Å²) in [7, 11) is 1.84. The van der Waals surface area contributed by atoms with Crippen molar-refractivity contribution in [1.29, 1.82) is 0 Å². The summed E-state index contributed by atoms with van der Waals surface area (Å²) < 4.78 is 0.850. The predicted octanol–water partition coefficient (Wildman–Crippen LogP) is 2.90. The minimum atomic E-state index is -0.479. The molecule has 9 heteroatoms. The van der Waals surface area contributed by atoms with Gasteiger partial charge in [-0.25, -0.2) is 9.97 Å². The number of nitrogens with one attached hydrogen (secondary N) is 2. The van der Waals surface area contributed by atoms with Gasteiger partial charge in [-0.3, -0.25) is 4.79 Å². The van der Waals surface area contributed by atoms with Crippen molar-refractivity contribution in [2.75, 3.05) is 56.5 Å². The molecule has 4 rings (SSSR count). The van der Waals surface area contributed by atoms with Crippen molar-refractivity contribution < 1.29 is 4.79 Å². The van der Waals surface area contributed by atoms with Crippen molar-refractivity contribution in [3.8, 4) is 0 Å². The quantitative estimate of drug-likeness (QED) is 0.682. The molecule has 0 unspecified atom stereocenters. The predicted molar refractivity (Wildman–Crippen MR) is 123 cm³/mol. The Morgan fingerprint density at radius 3 is 2.43 bits per heavy atom. The Balaban J connectivity index is 1.52. The van der Waals surface area contributed by atoms with Crippen LogP contribution in [0.5, 0.6) is 0 Å². The Labute approximate surface area is 190 Å². The number of rotatable bonds is 4. The van der Waals surface area contributed by atoms with Gasteiger partial charge in [0.05, 0.1) is 5.41 Å². The number of amides is 1. The topological polar surface area (TPSA) is 73.4 Å². The van der Waals surface area contributed by atoms with Crippen LogP contribution in [0.1, 0.15) is 18.4 Å². The average molecular weight is 494 g/mol. The van der Waals surface area contributed by atoms with Crippen molar-refractivity contribution in [3.63, 3.8) is 0 Å². The molecule has 30 heavy (non-hydrogen) atoms. The summed E-state index contributed by atoms with van der Waals surface area (Å²) in [4.78, 5) is 26.7. The van der Waals surface area contributed by atoms with E-state index >= 15 is 0 Å². The van der Waals surface area contributed by atoms with Crippen molar-refractivity contribution in [3.05, 3.63) is 45.7 Å². The van der Waals surface area contributed by atoms with E-state index in [1.54, 1.807) is 6.33 Å². The number of aromatic nitrogens is 2. The zero-order valence-electron chi connectivity index (χ0n) is 17.0. The van der Waals surface area contributed by atoms with Crippen molar-refractivity contribution in [2.45, 2.75) is 18.3 Å². The number of hydrogen-bond donors (Lipinski definition) is 2. The average Bonchev–Trinajstić information content (AvgIpc) is 2.80. The van der Waals surface area contributed by atoms with E-state index in [0.29, 0.717) is 18.1 Å². The monoisotopic (exact) mass is 492 g/mol. The summed E-state index contributed by atoms with van der Waals surface area (Å²) in [6.07, 6.45) is 3.17. The van der Waals surface area contributed by atoms with Gasteiger partial charge < -0.3 is 20.4 Å². The number of carbonyl (C=O) groups is 1. The standard InChI is InChI=1S/C21H26BrClN6O/c1-24-18-17(22)19(27-14-26-18)28-10-12-29(13-11-28)20(30)21(6-8-25-9-7-21)15-2-4-16(23)5-3-15/h2-5,14,25H,6-13H2,1H3,(H,24,26,27). The number of piperazine rings is 1. The Bertz CT molecular complexity index is 895. The molecule has 0 saturated carbocycles. The number of benzene rings is 1. The van der Waals surface area contributed by atoms with Gasteiger partial charge >= 0.3 is 0 Å². The van der Waals surface area contributed by atoms with Crippen molar-refractivity contribution in [1.82, 2.24) is 20.2 Å². The van der Waals surface area contributed by atoms with Gasteiger partial charge in [0, 0.05) is 38.2 Å². The molecule has 0 spiro atoms. The molecular formula is C21H26BrClN6O.